The highest BCUT2D eigenvalue weighted by atomic mass is 16.5. The van der Waals surface area contributed by atoms with Crippen LogP contribution in [0.25, 0.3) is 6.08 Å². The first kappa shape index (κ1) is 19.7. The Morgan fingerprint density at radius 2 is 1.73 bits per heavy atom. The SMILES string of the molecule is COc1ccccc1/C=C1\CCCC2=C1OC(N)=C(C#N)C2c1ccccc1OC. The molecule has 1 heterocycles. The van der Waals surface area contributed by atoms with Crippen LogP contribution < -0.4 is 15.2 Å². The Bertz CT molecular complexity index is 1110. The molecular formula is C25H24N2O3. The largest absolute Gasteiger partial charge is 0.496 e. The zero-order chi connectivity index (χ0) is 21.1. The molecule has 1 aliphatic carbocycles. The summed E-state index contributed by atoms with van der Waals surface area (Å²) < 4.78 is 17.1. The topological polar surface area (TPSA) is 77.5 Å². The molecule has 2 aliphatic rings. The van der Waals surface area contributed by atoms with Crippen LogP contribution in [0.3, 0.4) is 0 Å². The molecule has 0 saturated carbocycles. The molecule has 152 valence electrons. The molecule has 5 nitrogen and oxygen atoms in total. The first-order chi connectivity index (χ1) is 14.7. The van der Waals surface area contributed by atoms with Crippen molar-refractivity contribution in [2.24, 2.45) is 5.73 Å². The van der Waals surface area contributed by atoms with E-state index in [2.05, 4.69) is 12.1 Å². The lowest BCUT2D eigenvalue weighted by Crippen LogP contribution is -2.24. The van der Waals surface area contributed by atoms with Crippen molar-refractivity contribution in [3.05, 3.63) is 88.0 Å². The summed E-state index contributed by atoms with van der Waals surface area (Å²) in [7, 11) is 3.30. The van der Waals surface area contributed by atoms with Crippen molar-refractivity contribution in [2.45, 2.75) is 25.2 Å². The average molecular weight is 400 g/mol. The van der Waals surface area contributed by atoms with Crippen LogP contribution in [0.4, 0.5) is 0 Å². The lowest BCUT2D eigenvalue weighted by molar-refractivity contribution is 0.276. The zero-order valence-electron chi connectivity index (χ0n) is 17.1. The molecule has 1 aliphatic heterocycles. The zero-order valence-corrected chi connectivity index (χ0v) is 17.1. The molecule has 0 spiro atoms. The van der Waals surface area contributed by atoms with E-state index in [9.17, 15) is 5.26 Å². The molecule has 30 heavy (non-hydrogen) atoms. The molecule has 2 aromatic rings. The van der Waals surface area contributed by atoms with Gasteiger partial charge < -0.3 is 19.9 Å². The van der Waals surface area contributed by atoms with Crippen LogP contribution in [0.1, 0.15) is 36.3 Å². The van der Waals surface area contributed by atoms with Crippen molar-refractivity contribution in [3.63, 3.8) is 0 Å². The van der Waals surface area contributed by atoms with Crippen LogP contribution in [0.2, 0.25) is 0 Å². The molecule has 0 aromatic heterocycles. The van der Waals surface area contributed by atoms with Crippen molar-refractivity contribution in [1.29, 1.82) is 5.26 Å². The smallest absolute Gasteiger partial charge is 0.205 e. The lowest BCUT2D eigenvalue weighted by Gasteiger charge is -2.33. The fourth-order valence-corrected chi connectivity index (χ4v) is 4.27. The van der Waals surface area contributed by atoms with E-state index in [0.29, 0.717) is 5.57 Å². The van der Waals surface area contributed by atoms with Crippen LogP contribution in [0, 0.1) is 11.3 Å². The van der Waals surface area contributed by atoms with Gasteiger partial charge in [0.2, 0.25) is 5.88 Å². The summed E-state index contributed by atoms with van der Waals surface area (Å²) in [4.78, 5) is 0. The molecule has 0 amide bonds. The van der Waals surface area contributed by atoms with E-state index in [4.69, 9.17) is 19.9 Å². The highest BCUT2D eigenvalue weighted by molar-refractivity contribution is 5.66. The predicted molar refractivity (Wildman–Crippen MR) is 115 cm³/mol. The van der Waals surface area contributed by atoms with E-state index in [1.165, 1.54) is 0 Å². The van der Waals surface area contributed by atoms with Gasteiger partial charge in [-0.25, -0.2) is 0 Å². The number of rotatable bonds is 4. The van der Waals surface area contributed by atoms with Crippen molar-refractivity contribution < 1.29 is 14.2 Å². The average Bonchev–Trinajstić information content (AvgIpc) is 2.79. The van der Waals surface area contributed by atoms with Crippen molar-refractivity contribution in [2.75, 3.05) is 14.2 Å². The number of nitrogens with two attached hydrogens (primary N) is 1. The summed E-state index contributed by atoms with van der Waals surface area (Å²) in [6, 6.07) is 17.9. The number of ether oxygens (including phenoxy) is 3. The normalized spacial score (nSPS) is 19.8. The molecule has 1 atom stereocenters. The molecule has 0 fully saturated rings. The third-order valence-corrected chi connectivity index (χ3v) is 5.63. The monoisotopic (exact) mass is 400 g/mol. The number of nitrogens with zero attached hydrogens (tertiary/aromatic N) is 1. The van der Waals surface area contributed by atoms with Gasteiger partial charge in [-0.05, 0) is 48.6 Å². The molecule has 5 heteroatoms. The van der Waals surface area contributed by atoms with E-state index >= 15 is 0 Å². The van der Waals surface area contributed by atoms with Crippen LogP contribution in [0.15, 0.2) is 76.9 Å². The van der Waals surface area contributed by atoms with Crippen LogP contribution in [0.5, 0.6) is 11.5 Å². The second-order valence-corrected chi connectivity index (χ2v) is 7.29. The van der Waals surface area contributed by atoms with Crippen molar-refractivity contribution in [1.82, 2.24) is 0 Å². The minimum absolute atomic E-state index is 0.153. The Hall–Kier alpha value is -3.65. The maximum Gasteiger partial charge on any atom is 0.205 e. The van der Waals surface area contributed by atoms with Gasteiger partial charge >= 0.3 is 0 Å². The second-order valence-electron chi connectivity index (χ2n) is 7.29. The number of methoxy groups -OCH3 is 2. The quantitative estimate of drug-likeness (QED) is 0.778. The summed E-state index contributed by atoms with van der Waals surface area (Å²) in [5.74, 6) is 2.17. The Labute approximate surface area is 176 Å². The van der Waals surface area contributed by atoms with Gasteiger partial charge in [0.05, 0.1) is 20.1 Å². The molecule has 0 bridgehead atoms. The molecule has 2 N–H and O–H groups in total. The number of hydrogen-bond acceptors (Lipinski definition) is 5. The summed E-state index contributed by atoms with van der Waals surface area (Å²) in [6.45, 7) is 0. The van der Waals surface area contributed by atoms with Gasteiger partial charge in [-0.2, -0.15) is 5.26 Å². The van der Waals surface area contributed by atoms with E-state index in [1.54, 1.807) is 14.2 Å². The van der Waals surface area contributed by atoms with Gasteiger partial charge in [0.25, 0.3) is 0 Å². The van der Waals surface area contributed by atoms with E-state index in [0.717, 1.165) is 58.8 Å². The molecule has 4 rings (SSSR count). The standard InChI is InChI=1S/C25H24N2O3/c1-28-21-12-5-3-8-16(21)14-17-9-7-11-19-23(18-10-4-6-13-22(18)29-2)20(15-26)25(27)30-24(17)19/h3-6,8,10,12-14,23H,7,9,11,27H2,1-2H3/b17-14+. The van der Waals surface area contributed by atoms with Crippen LogP contribution >= 0.6 is 0 Å². The van der Waals surface area contributed by atoms with E-state index in [-0.39, 0.29) is 11.8 Å². The Balaban J connectivity index is 1.88. The maximum atomic E-state index is 9.85. The van der Waals surface area contributed by atoms with E-state index in [1.807, 2.05) is 48.5 Å². The highest BCUT2D eigenvalue weighted by Crippen LogP contribution is 2.48. The molecule has 1 unspecified atom stereocenters. The third-order valence-electron chi connectivity index (χ3n) is 5.63. The molecule has 2 aromatic carbocycles. The van der Waals surface area contributed by atoms with Gasteiger partial charge in [0.1, 0.15) is 28.9 Å². The first-order valence-corrected chi connectivity index (χ1v) is 9.95. The Morgan fingerprint density at radius 1 is 1.03 bits per heavy atom. The summed E-state index contributed by atoms with van der Waals surface area (Å²) in [6.07, 6.45) is 4.76. The van der Waals surface area contributed by atoms with Gasteiger partial charge in [0, 0.05) is 11.1 Å². The maximum absolute atomic E-state index is 9.85. The van der Waals surface area contributed by atoms with Crippen LogP contribution in [-0.4, -0.2) is 14.2 Å². The van der Waals surface area contributed by atoms with Gasteiger partial charge in [-0.1, -0.05) is 36.4 Å². The summed E-state index contributed by atoms with van der Waals surface area (Å²) >= 11 is 0. The Morgan fingerprint density at radius 3 is 2.47 bits per heavy atom. The van der Waals surface area contributed by atoms with Gasteiger partial charge in [-0.3, -0.25) is 0 Å². The predicted octanol–water partition coefficient (Wildman–Crippen LogP) is 5.03. The van der Waals surface area contributed by atoms with Crippen molar-refractivity contribution in [3.8, 4) is 17.6 Å². The summed E-state index contributed by atoms with van der Waals surface area (Å²) in [5.41, 5.74) is 10.7. The highest BCUT2D eigenvalue weighted by Gasteiger charge is 2.36. The van der Waals surface area contributed by atoms with Gasteiger partial charge in [0.15, 0.2) is 0 Å². The molecule has 0 radical (unpaired) electrons. The molecule has 0 saturated heterocycles. The van der Waals surface area contributed by atoms with Gasteiger partial charge in [-0.15, -0.1) is 0 Å². The number of para-hydroxylation sites is 2. The fraction of sp³-hybridized carbons (Fsp3) is 0.240. The number of benzene rings is 2. The molecular weight excluding hydrogens is 376 g/mol. The second kappa shape index (κ2) is 8.38. The third kappa shape index (κ3) is 3.42. The fourth-order valence-electron chi connectivity index (χ4n) is 4.27. The lowest BCUT2D eigenvalue weighted by atomic mass is 9.76. The van der Waals surface area contributed by atoms with E-state index < -0.39 is 0 Å². The number of nitriles is 1. The summed E-state index contributed by atoms with van der Waals surface area (Å²) in [5, 5.41) is 9.85. The van der Waals surface area contributed by atoms with Crippen molar-refractivity contribution >= 4 is 6.08 Å². The minimum atomic E-state index is -0.281. The minimum Gasteiger partial charge on any atom is -0.496 e. The number of hydrogen-bond donors (Lipinski definition) is 1. The number of allylic oxidation sites excluding steroid dienone is 3. The Kier molecular flexibility index (Phi) is 5.49. The first-order valence-electron chi connectivity index (χ1n) is 9.95. The van der Waals surface area contributed by atoms with Crippen LogP contribution in [-0.2, 0) is 4.74 Å².